The molecule has 0 unspecified atom stereocenters. The molecule has 0 saturated carbocycles. The highest BCUT2D eigenvalue weighted by Gasteiger charge is 2.24. The lowest BCUT2D eigenvalue weighted by Crippen LogP contribution is -2.18. The van der Waals surface area contributed by atoms with Crippen molar-refractivity contribution in [1.82, 2.24) is 0 Å². The second-order valence-electron chi connectivity index (χ2n) is 4.58. The molecular formula is C16H21NO8. The van der Waals surface area contributed by atoms with Crippen LogP contribution in [-0.4, -0.2) is 52.6 Å². The van der Waals surface area contributed by atoms with E-state index in [1.165, 1.54) is 40.6 Å². The highest BCUT2D eigenvalue weighted by molar-refractivity contribution is 5.99. The number of phenolic OH excluding ortho intramolecular Hbond substituents is 1. The molecule has 0 amide bonds. The molecule has 0 saturated heterocycles. The van der Waals surface area contributed by atoms with E-state index in [0.717, 1.165) is 13.2 Å². The number of carbonyl (C=O) groups is 2. The van der Waals surface area contributed by atoms with Crippen molar-refractivity contribution in [3.63, 3.8) is 0 Å². The molecule has 0 heterocycles. The number of phenols is 1. The van der Waals surface area contributed by atoms with Crippen molar-refractivity contribution in [1.29, 1.82) is 0 Å². The van der Waals surface area contributed by atoms with Crippen molar-refractivity contribution in [3.05, 3.63) is 29.5 Å². The van der Waals surface area contributed by atoms with E-state index in [-0.39, 0.29) is 22.9 Å². The van der Waals surface area contributed by atoms with Crippen LogP contribution in [0.4, 0.5) is 5.69 Å². The average Bonchev–Trinajstić information content (AvgIpc) is 2.62. The minimum absolute atomic E-state index is 0.0243. The topological polar surface area (TPSA) is 113 Å². The van der Waals surface area contributed by atoms with Crippen molar-refractivity contribution in [2.24, 2.45) is 0 Å². The number of ether oxygens (including phenoxy) is 5. The molecule has 0 radical (unpaired) electrons. The molecule has 9 heteroatoms. The van der Waals surface area contributed by atoms with Crippen LogP contribution in [0.15, 0.2) is 23.9 Å². The highest BCUT2D eigenvalue weighted by atomic mass is 16.7. The summed E-state index contributed by atoms with van der Waals surface area (Å²) in [6.07, 6.45) is 0.0855. The largest absolute Gasteiger partial charge is 0.504 e. The zero-order chi connectivity index (χ0) is 19.0. The van der Waals surface area contributed by atoms with Crippen LogP contribution in [0.3, 0.4) is 0 Å². The summed E-state index contributed by atoms with van der Waals surface area (Å²) in [5.41, 5.74) is 0.349. The van der Waals surface area contributed by atoms with Gasteiger partial charge in [-0.3, -0.25) is 0 Å². The van der Waals surface area contributed by atoms with Gasteiger partial charge in [0.2, 0.25) is 0 Å². The predicted molar refractivity (Wildman–Crippen MR) is 87.2 cm³/mol. The van der Waals surface area contributed by atoms with Gasteiger partial charge >= 0.3 is 11.9 Å². The first-order valence-electron chi connectivity index (χ1n) is 7.03. The molecule has 1 aromatic rings. The number of rotatable bonds is 8. The van der Waals surface area contributed by atoms with Crippen molar-refractivity contribution >= 4 is 17.6 Å². The molecule has 0 aliphatic heterocycles. The van der Waals surface area contributed by atoms with Crippen LogP contribution in [0.2, 0.25) is 0 Å². The maximum Gasteiger partial charge on any atom is 0.354 e. The van der Waals surface area contributed by atoms with E-state index in [1.54, 1.807) is 0 Å². The van der Waals surface area contributed by atoms with E-state index >= 15 is 0 Å². The lowest BCUT2D eigenvalue weighted by atomic mass is 10.1. The van der Waals surface area contributed by atoms with Crippen molar-refractivity contribution in [2.75, 3.05) is 40.9 Å². The molecule has 1 aromatic carbocycles. The summed E-state index contributed by atoms with van der Waals surface area (Å²) >= 11 is 0. The minimum Gasteiger partial charge on any atom is -0.504 e. The lowest BCUT2D eigenvalue weighted by molar-refractivity contribution is -0.138. The van der Waals surface area contributed by atoms with Crippen molar-refractivity contribution < 1.29 is 38.4 Å². The van der Waals surface area contributed by atoms with Gasteiger partial charge < -0.3 is 34.1 Å². The first kappa shape index (κ1) is 20.3. The lowest BCUT2D eigenvalue weighted by Gasteiger charge is -2.21. The predicted octanol–water partition coefficient (Wildman–Crippen LogP) is 1.33. The maximum atomic E-state index is 11.9. The number of carbonyl (C=O) groups excluding carboxylic acids is 2. The fourth-order valence-corrected chi connectivity index (χ4v) is 2.04. The summed E-state index contributed by atoms with van der Waals surface area (Å²) < 4.78 is 24.8. The normalized spacial score (nSPS) is 11.2. The molecule has 0 spiro atoms. The van der Waals surface area contributed by atoms with Crippen LogP contribution in [0.25, 0.3) is 0 Å². The summed E-state index contributed by atoms with van der Waals surface area (Å²) in [6, 6.07) is 2.90. The zero-order valence-corrected chi connectivity index (χ0v) is 14.6. The van der Waals surface area contributed by atoms with Gasteiger partial charge in [0.25, 0.3) is 0 Å². The number of anilines is 1. The Morgan fingerprint density at radius 3 is 2.20 bits per heavy atom. The number of methoxy groups -OCH3 is 5. The highest BCUT2D eigenvalue weighted by Crippen LogP contribution is 2.41. The van der Waals surface area contributed by atoms with Gasteiger partial charge in [-0.05, 0) is 12.1 Å². The Morgan fingerprint density at radius 1 is 1.08 bits per heavy atom. The Labute approximate surface area is 145 Å². The van der Waals surface area contributed by atoms with Gasteiger partial charge in [0, 0.05) is 19.8 Å². The van der Waals surface area contributed by atoms with E-state index in [2.05, 4.69) is 14.8 Å². The third-order valence-electron chi connectivity index (χ3n) is 3.18. The molecule has 0 fully saturated rings. The molecule has 0 bridgehead atoms. The maximum absolute atomic E-state index is 11.9. The third kappa shape index (κ3) is 4.85. The van der Waals surface area contributed by atoms with E-state index in [0.29, 0.717) is 5.56 Å². The summed E-state index contributed by atoms with van der Waals surface area (Å²) in [5, 5.41) is 12.7. The number of aromatic hydroxyl groups is 1. The summed E-state index contributed by atoms with van der Waals surface area (Å²) in [4.78, 5) is 23.5. The second-order valence-corrected chi connectivity index (χ2v) is 4.58. The number of hydrogen-bond donors (Lipinski definition) is 2. The molecule has 9 nitrogen and oxygen atoms in total. The summed E-state index contributed by atoms with van der Waals surface area (Å²) in [7, 11) is 6.49. The van der Waals surface area contributed by atoms with Gasteiger partial charge in [0.05, 0.1) is 33.1 Å². The standard InChI is InChI=1S/C16H21NO8/c1-21-12(19)8-10(15(20)23-3)17-13-9(16(24-4)25-5)6-7-11(18)14(13)22-2/h6-8,16-18H,1-5H3/b10-8+. The summed E-state index contributed by atoms with van der Waals surface area (Å²) in [6.45, 7) is 0. The number of esters is 2. The monoisotopic (exact) mass is 355 g/mol. The van der Waals surface area contributed by atoms with Gasteiger partial charge in [-0.1, -0.05) is 0 Å². The van der Waals surface area contributed by atoms with E-state index in [9.17, 15) is 14.7 Å². The molecule has 0 atom stereocenters. The summed E-state index contributed by atoms with van der Waals surface area (Å²) in [5.74, 6) is -1.77. The van der Waals surface area contributed by atoms with E-state index in [4.69, 9.17) is 14.2 Å². The SMILES string of the molecule is COC(=O)/C=C(/Nc1c(C(OC)OC)ccc(O)c1OC)C(=O)OC. The Bertz CT molecular complexity index is 652. The van der Waals surface area contributed by atoms with Crippen LogP contribution in [-0.2, 0) is 28.5 Å². The second kappa shape index (κ2) is 9.50. The van der Waals surface area contributed by atoms with Crippen LogP contribution >= 0.6 is 0 Å². The molecule has 0 aliphatic rings. The molecule has 1 rings (SSSR count). The average molecular weight is 355 g/mol. The molecule has 0 aromatic heterocycles. The first-order chi connectivity index (χ1) is 11.9. The van der Waals surface area contributed by atoms with E-state index in [1.807, 2.05) is 0 Å². The fraction of sp³-hybridized carbons (Fsp3) is 0.375. The quantitative estimate of drug-likeness (QED) is 0.405. The molecule has 2 N–H and O–H groups in total. The number of hydrogen-bond acceptors (Lipinski definition) is 9. The first-order valence-corrected chi connectivity index (χ1v) is 7.03. The Kier molecular flexibility index (Phi) is 7.70. The zero-order valence-electron chi connectivity index (χ0n) is 14.6. The molecular weight excluding hydrogens is 334 g/mol. The molecule has 0 aliphatic carbocycles. The smallest absolute Gasteiger partial charge is 0.354 e. The van der Waals surface area contributed by atoms with Crippen molar-refractivity contribution in [2.45, 2.75) is 6.29 Å². The van der Waals surface area contributed by atoms with Gasteiger partial charge in [0.15, 0.2) is 17.8 Å². The van der Waals surface area contributed by atoms with Crippen LogP contribution in [0.5, 0.6) is 11.5 Å². The van der Waals surface area contributed by atoms with Crippen molar-refractivity contribution in [3.8, 4) is 11.5 Å². The third-order valence-corrected chi connectivity index (χ3v) is 3.18. The Balaban J connectivity index is 3.50. The van der Waals surface area contributed by atoms with Gasteiger partial charge in [-0.15, -0.1) is 0 Å². The van der Waals surface area contributed by atoms with Crippen LogP contribution in [0.1, 0.15) is 11.9 Å². The van der Waals surface area contributed by atoms with Crippen LogP contribution in [0, 0.1) is 0 Å². The van der Waals surface area contributed by atoms with Gasteiger partial charge in [0.1, 0.15) is 5.70 Å². The molecule has 138 valence electrons. The fourth-order valence-electron chi connectivity index (χ4n) is 2.04. The Hall–Kier alpha value is -2.78. The number of nitrogens with one attached hydrogen (secondary N) is 1. The number of benzene rings is 1. The van der Waals surface area contributed by atoms with Gasteiger partial charge in [-0.2, -0.15) is 0 Å². The van der Waals surface area contributed by atoms with E-state index < -0.39 is 18.2 Å². The van der Waals surface area contributed by atoms with Crippen LogP contribution < -0.4 is 10.1 Å². The van der Waals surface area contributed by atoms with Gasteiger partial charge in [-0.25, -0.2) is 9.59 Å². The molecule has 25 heavy (non-hydrogen) atoms. The Morgan fingerprint density at radius 2 is 1.72 bits per heavy atom. The minimum atomic E-state index is -0.826.